The zero-order valence-electron chi connectivity index (χ0n) is 9.36. The van der Waals surface area contributed by atoms with Crippen molar-refractivity contribution in [1.29, 1.82) is 0 Å². The number of nitrogens with two attached hydrogens (primary N) is 1. The summed E-state index contributed by atoms with van der Waals surface area (Å²) in [6.07, 6.45) is 0. The van der Waals surface area contributed by atoms with Gasteiger partial charge in [-0.15, -0.1) is 0 Å². The molecule has 14 heavy (non-hydrogen) atoms. The fourth-order valence-corrected chi connectivity index (χ4v) is 2.10. The molecule has 0 aromatic heterocycles. The molecular weight excluding hydrogens is 178 g/mol. The molecule has 0 aromatic rings. The van der Waals surface area contributed by atoms with E-state index >= 15 is 0 Å². The molecule has 0 aromatic carbocycles. The highest BCUT2D eigenvalue weighted by molar-refractivity contribution is 5.79. The summed E-state index contributed by atoms with van der Waals surface area (Å²) in [7, 11) is 0. The zero-order chi connectivity index (χ0) is 10.7. The van der Waals surface area contributed by atoms with Gasteiger partial charge in [0.25, 0.3) is 0 Å². The van der Waals surface area contributed by atoms with E-state index in [1.165, 1.54) is 0 Å². The van der Waals surface area contributed by atoms with E-state index in [2.05, 4.69) is 11.8 Å². The molecule has 4 heteroatoms. The predicted octanol–water partition coefficient (Wildman–Crippen LogP) is -0.114. The molecular formula is C10H21N3O. The van der Waals surface area contributed by atoms with E-state index in [-0.39, 0.29) is 11.9 Å². The first-order valence-electron chi connectivity index (χ1n) is 5.32. The highest BCUT2D eigenvalue weighted by atomic mass is 16.2. The molecule has 1 aliphatic rings. The van der Waals surface area contributed by atoms with Crippen molar-refractivity contribution in [1.82, 2.24) is 9.80 Å². The first-order valence-corrected chi connectivity index (χ1v) is 5.32. The van der Waals surface area contributed by atoms with Crippen molar-refractivity contribution in [2.24, 2.45) is 5.73 Å². The van der Waals surface area contributed by atoms with Crippen LogP contribution >= 0.6 is 0 Å². The van der Waals surface area contributed by atoms with E-state index in [0.29, 0.717) is 12.6 Å². The summed E-state index contributed by atoms with van der Waals surface area (Å²) in [5.41, 5.74) is 5.71. The summed E-state index contributed by atoms with van der Waals surface area (Å²) in [4.78, 5) is 15.7. The minimum Gasteiger partial charge on any atom is -0.338 e. The van der Waals surface area contributed by atoms with Crippen LogP contribution in [0.25, 0.3) is 0 Å². The van der Waals surface area contributed by atoms with Crippen LogP contribution in [0.2, 0.25) is 0 Å². The second-order valence-corrected chi connectivity index (χ2v) is 4.20. The number of hydrogen-bond donors (Lipinski definition) is 1. The molecule has 0 radical (unpaired) electrons. The number of amides is 1. The average molecular weight is 199 g/mol. The Hall–Kier alpha value is -0.610. The van der Waals surface area contributed by atoms with E-state index in [4.69, 9.17) is 5.73 Å². The smallest absolute Gasteiger partial charge is 0.237 e. The molecule has 1 saturated heterocycles. The van der Waals surface area contributed by atoms with Crippen molar-refractivity contribution in [2.45, 2.75) is 32.9 Å². The van der Waals surface area contributed by atoms with Crippen molar-refractivity contribution in [2.75, 3.05) is 26.2 Å². The maximum Gasteiger partial charge on any atom is 0.237 e. The molecule has 2 atom stereocenters. The summed E-state index contributed by atoms with van der Waals surface area (Å²) < 4.78 is 0. The van der Waals surface area contributed by atoms with Crippen LogP contribution in [0.1, 0.15) is 20.8 Å². The van der Waals surface area contributed by atoms with Crippen LogP contribution in [0.4, 0.5) is 0 Å². The fourth-order valence-electron chi connectivity index (χ4n) is 2.10. The standard InChI is InChI=1S/C10H21N3O/c1-4-13-9(3)6-12(5-8(2)11)7-10(13)14/h8-9H,4-7,11H2,1-3H3. The Morgan fingerprint density at radius 2 is 2.29 bits per heavy atom. The molecule has 0 bridgehead atoms. The number of carbonyl (C=O) groups excluding carboxylic acids is 1. The first-order chi connectivity index (χ1) is 6.54. The Morgan fingerprint density at radius 3 is 2.71 bits per heavy atom. The van der Waals surface area contributed by atoms with E-state index in [0.717, 1.165) is 19.6 Å². The lowest BCUT2D eigenvalue weighted by Gasteiger charge is -2.39. The van der Waals surface area contributed by atoms with Crippen molar-refractivity contribution >= 4 is 5.91 Å². The lowest BCUT2D eigenvalue weighted by atomic mass is 10.1. The molecule has 0 aliphatic carbocycles. The second-order valence-electron chi connectivity index (χ2n) is 4.20. The molecule has 1 heterocycles. The van der Waals surface area contributed by atoms with Crippen LogP contribution in [0, 0.1) is 0 Å². The summed E-state index contributed by atoms with van der Waals surface area (Å²) >= 11 is 0. The third-order valence-electron chi connectivity index (χ3n) is 2.62. The normalized spacial score (nSPS) is 26.7. The molecule has 1 aliphatic heterocycles. The summed E-state index contributed by atoms with van der Waals surface area (Å²) in [5.74, 6) is 0.229. The first kappa shape index (κ1) is 11.5. The van der Waals surface area contributed by atoms with Gasteiger partial charge in [-0.3, -0.25) is 9.69 Å². The van der Waals surface area contributed by atoms with Gasteiger partial charge in [0.05, 0.1) is 6.54 Å². The monoisotopic (exact) mass is 199 g/mol. The van der Waals surface area contributed by atoms with Crippen LogP contribution in [0.3, 0.4) is 0 Å². The van der Waals surface area contributed by atoms with Gasteiger partial charge in [-0.05, 0) is 20.8 Å². The molecule has 0 spiro atoms. The maximum atomic E-state index is 11.7. The molecule has 4 nitrogen and oxygen atoms in total. The number of nitrogens with zero attached hydrogens (tertiary/aromatic N) is 2. The molecule has 2 N–H and O–H groups in total. The number of carbonyl (C=O) groups is 1. The summed E-state index contributed by atoms with van der Waals surface area (Å²) in [6, 6.07) is 0.461. The van der Waals surface area contributed by atoms with Crippen LogP contribution in [-0.4, -0.2) is 54.0 Å². The van der Waals surface area contributed by atoms with Crippen LogP contribution in [0.15, 0.2) is 0 Å². The highest BCUT2D eigenvalue weighted by Gasteiger charge is 2.28. The van der Waals surface area contributed by atoms with Crippen molar-refractivity contribution in [3.63, 3.8) is 0 Å². The minimum atomic E-state index is 0.142. The van der Waals surface area contributed by atoms with Gasteiger partial charge in [0.2, 0.25) is 5.91 Å². The Kier molecular flexibility index (Phi) is 3.89. The van der Waals surface area contributed by atoms with Gasteiger partial charge in [-0.25, -0.2) is 0 Å². The van der Waals surface area contributed by atoms with Crippen molar-refractivity contribution in [3.05, 3.63) is 0 Å². The van der Waals surface area contributed by atoms with Crippen LogP contribution in [0.5, 0.6) is 0 Å². The lowest BCUT2D eigenvalue weighted by molar-refractivity contribution is -0.138. The maximum absolute atomic E-state index is 11.7. The van der Waals surface area contributed by atoms with Crippen molar-refractivity contribution in [3.8, 4) is 0 Å². The quantitative estimate of drug-likeness (QED) is 0.690. The Morgan fingerprint density at radius 1 is 1.64 bits per heavy atom. The van der Waals surface area contributed by atoms with Gasteiger partial charge in [0, 0.05) is 31.7 Å². The molecule has 1 fully saturated rings. The summed E-state index contributed by atoms with van der Waals surface area (Å²) in [6.45, 7) is 9.19. The van der Waals surface area contributed by atoms with Crippen LogP contribution < -0.4 is 5.73 Å². The number of rotatable bonds is 3. The van der Waals surface area contributed by atoms with Gasteiger partial charge in [-0.1, -0.05) is 0 Å². The van der Waals surface area contributed by atoms with Crippen LogP contribution in [-0.2, 0) is 4.79 Å². The third kappa shape index (κ3) is 2.69. The molecule has 1 amide bonds. The molecule has 2 unspecified atom stereocenters. The van der Waals surface area contributed by atoms with E-state index < -0.39 is 0 Å². The van der Waals surface area contributed by atoms with Crippen molar-refractivity contribution < 1.29 is 4.79 Å². The second kappa shape index (κ2) is 4.75. The SMILES string of the molecule is CCN1C(=O)CN(CC(C)N)CC1C. The molecule has 82 valence electrons. The number of likely N-dealkylation sites (N-methyl/N-ethyl adjacent to an activating group) is 1. The Balaban J connectivity index is 2.52. The van der Waals surface area contributed by atoms with Gasteiger partial charge >= 0.3 is 0 Å². The highest BCUT2D eigenvalue weighted by Crippen LogP contribution is 2.10. The van der Waals surface area contributed by atoms with E-state index in [9.17, 15) is 4.79 Å². The lowest BCUT2D eigenvalue weighted by Crippen LogP contribution is -2.56. The molecule has 1 rings (SSSR count). The number of piperazine rings is 1. The van der Waals surface area contributed by atoms with Gasteiger partial charge in [0.1, 0.15) is 0 Å². The Bertz CT molecular complexity index is 206. The van der Waals surface area contributed by atoms with Gasteiger partial charge in [0.15, 0.2) is 0 Å². The average Bonchev–Trinajstić information content (AvgIpc) is 2.01. The number of hydrogen-bond acceptors (Lipinski definition) is 3. The minimum absolute atomic E-state index is 0.142. The van der Waals surface area contributed by atoms with E-state index in [1.807, 2.05) is 18.7 Å². The fraction of sp³-hybridized carbons (Fsp3) is 0.900. The Labute approximate surface area is 86.0 Å². The summed E-state index contributed by atoms with van der Waals surface area (Å²) in [5, 5.41) is 0. The zero-order valence-corrected chi connectivity index (χ0v) is 9.36. The topological polar surface area (TPSA) is 49.6 Å². The third-order valence-corrected chi connectivity index (χ3v) is 2.62. The predicted molar refractivity (Wildman–Crippen MR) is 56.9 cm³/mol. The van der Waals surface area contributed by atoms with Gasteiger partial charge < -0.3 is 10.6 Å². The van der Waals surface area contributed by atoms with Gasteiger partial charge in [-0.2, -0.15) is 0 Å². The largest absolute Gasteiger partial charge is 0.338 e. The molecule has 0 saturated carbocycles. The van der Waals surface area contributed by atoms with E-state index in [1.54, 1.807) is 0 Å².